The van der Waals surface area contributed by atoms with Crippen LogP contribution in [0.25, 0.3) is 0 Å². The van der Waals surface area contributed by atoms with E-state index < -0.39 is 18.3 Å². The maximum absolute atomic E-state index is 6.10. The van der Waals surface area contributed by atoms with Gasteiger partial charge in [0.25, 0.3) is 0 Å². The predicted octanol–water partition coefficient (Wildman–Crippen LogP) is 1.73. The highest BCUT2D eigenvalue weighted by molar-refractivity contribution is 6.63. The fourth-order valence-electron chi connectivity index (χ4n) is 2.54. The Bertz CT molecular complexity index is 582. The first kappa shape index (κ1) is 15.3. The monoisotopic (exact) mass is 308 g/mol. The summed E-state index contributed by atoms with van der Waals surface area (Å²) >= 11 is 0. The molecule has 0 radical (unpaired) electrons. The zero-order chi connectivity index (χ0) is 16.1. The van der Waals surface area contributed by atoms with Crippen molar-refractivity contribution in [3.63, 3.8) is 0 Å². The van der Waals surface area contributed by atoms with E-state index in [1.807, 2.05) is 33.8 Å². The van der Waals surface area contributed by atoms with Gasteiger partial charge in [-0.05, 0) is 33.8 Å². The summed E-state index contributed by atoms with van der Waals surface area (Å²) in [5.41, 5.74) is -0.152. The van der Waals surface area contributed by atoms with E-state index in [4.69, 9.17) is 28.3 Å². The van der Waals surface area contributed by atoms with Gasteiger partial charge >= 0.3 is 7.12 Å². The summed E-state index contributed by atoms with van der Waals surface area (Å²) in [4.78, 5) is 0. The van der Waals surface area contributed by atoms with Crippen LogP contribution in [0, 0.1) is 0 Å². The largest absolute Gasteiger partial charge is 0.498 e. The third-order valence-corrected chi connectivity index (χ3v) is 4.52. The first-order valence-corrected chi connectivity index (χ1v) is 7.21. The highest BCUT2D eigenvalue weighted by Gasteiger charge is 2.53. The predicted molar refractivity (Wildman–Crippen MR) is 81.4 cm³/mol. The molecule has 120 valence electrons. The third-order valence-electron chi connectivity index (χ3n) is 4.52. The standard InChI is InChI=1S/C15H21BO6/c1-14(2)15(3,4)22-16(21-14)9-7-10(17-5)12-13(11(9)18-6)20-8-19-12/h7H,8H2,1-6H3. The van der Waals surface area contributed by atoms with Crippen molar-refractivity contribution in [2.45, 2.75) is 38.9 Å². The van der Waals surface area contributed by atoms with Crippen molar-refractivity contribution in [3.05, 3.63) is 6.07 Å². The van der Waals surface area contributed by atoms with E-state index in [-0.39, 0.29) is 6.79 Å². The Kier molecular flexibility index (Phi) is 3.45. The molecular weight excluding hydrogens is 287 g/mol. The lowest BCUT2D eigenvalue weighted by Gasteiger charge is -2.32. The molecule has 0 amide bonds. The second-order valence-corrected chi connectivity index (χ2v) is 6.35. The lowest BCUT2D eigenvalue weighted by atomic mass is 9.78. The first-order chi connectivity index (χ1) is 10.3. The maximum Gasteiger partial charge on any atom is 0.498 e. The Morgan fingerprint density at radius 1 is 0.955 bits per heavy atom. The average molecular weight is 308 g/mol. The van der Waals surface area contributed by atoms with E-state index in [9.17, 15) is 0 Å². The van der Waals surface area contributed by atoms with Crippen LogP contribution >= 0.6 is 0 Å². The molecule has 0 unspecified atom stereocenters. The van der Waals surface area contributed by atoms with Gasteiger partial charge in [-0.15, -0.1) is 0 Å². The SMILES string of the molecule is COc1cc(B2OC(C)(C)C(C)(C)O2)c(OC)c2c1OCO2. The Labute approximate surface area is 130 Å². The fourth-order valence-corrected chi connectivity index (χ4v) is 2.54. The molecule has 0 spiro atoms. The van der Waals surface area contributed by atoms with E-state index in [0.717, 1.165) is 5.46 Å². The van der Waals surface area contributed by atoms with Gasteiger partial charge in [-0.1, -0.05) is 0 Å². The van der Waals surface area contributed by atoms with Crippen molar-refractivity contribution in [3.8, 4) is 23.0 Å². The normalized spacial score (nSPS) is 21.1. The maximum atomic E-state index is 6.10. The number of methoxy groups -OCH3 is 2. The average Bonchev–Trinajstić information content (AvgIpc) is 3.00. The van der Waals surface area contributed by atoms with E-state index in [1.54, 1.807) is 14.2 Å². The summed E-state index contributed by atoms with van der Waals surface area (Å²) in [6.07, 6.45) is 0. The van der Waals surface area contributed by atoms with Gasteiger partial charge in [0.05, 0.1) is 25.4 Å². The van der Waals surface area contributed by atoms with Crippen LogP contribution in [0.5, 0.6) is 23.0 Å². The molecule has 2 aliphatic heterocycles. The van der Waals surface area contributed by atoms with Crippen LogP contribution in [-0.2, 0) is 9.31 Å². The molecule has 0 N–H and O–H groups in total. The number of rotatable bonds is 3. The second-order valence-electron chi connectivity index (χ2n) is 6.35. The zero-order valence-corrected chi connectivity index (χ0v) is 13.8. The Balaban J connectivity index is 2.08. The molecule has 1 fully saturated rings. The van der Waals surface area contributed by atoms with Crippen molar-refractivity contribution >= 4 is 12.6 Å². The topological polar surface area (TPSA) is 55.4 Å². The number of hydrogen-bond donors (Lipinski definition) is 0. The molecule has 1 saturated heterocycles. The Morgan fingerprint density at radius 2 is 1.55 bits per heavy atom. The lowest BCUT2D eigenvalue weighted by molar-refractivity contribution is 0.00578. The van der Waals surface area contributed by atoms with E-state index >= 15 is 0 Å². The number of benzene rings is 1. The van der Waals surface area contributed by atoms with Gasteiger partial charge in [0.1, 0.15) is 0 Å². The van der Waals surface area contributed by atoms with Crippen LogP contribution in [-0.4, -0.2) is 39.3 Å². The first-order valence-electron chi connectivity index (χ1n) is 7.21. The summed E-state index contributed by atoms with van der Waals surface area (Å²) in [6.45, 7) is 8.15. The molecule has 7 heteroatoms. The van der Waals surface area contributed by atoms with Gasteiger partial charge in [0.15, 0.2) is 11.5 Å². The van der Waals surface area contributed by atoms with Crippen molar-refractivity contribution in [1.82, 2.24) is 0 Å². The molecule has 1 aromatic rings. The van der Waals surface area contributed by atoms with E-state index in [2.05, 4.69) is 0 Å². The molecule has 0 atom stereocenters. The minimum Gasteiger partial charge on any atom is -0.493 e. The van der Waals surface area contributed by atoms with Crippen molar-refractivity contribution in [2.75, 3.05) is 21.0 Å². The molecule has 2 heterocycles. The third kappa shape index (κ3) is 2.11. The minimum absolute atomic E-state index is 0.134. The summed E-state index contributed by atoms with van der Waals surface area (Å²) in [5.74, 6) is 2.18. The molecule has 22 heavy (non-hydrogen) atoms. The van der Waals surface area contributed by atoms with Crippen LogP contribution in [0.2, 0.25) is 0 Å². The summed E-state index contributed by atoms with van der Waals surface area (Å²) in [6, 6.07) is 1.81. The molecule has 0 aromatic heterocycles. The van der Waals surface area contributed by atoms with Crippen molar-refractivity contribution in [2.24, 2.45) is 0 Å². The molecule has 1 aromatic carbocycles. The van der Waals surface area contributed by atoms with Gasteiger partial charge in [0, 0.05) is 5.46 Å². The van der Waals surface area contributed by atoms with Gasteiger partial charge in [0.2, 0.25) is 18.3 Å². The van der Waals surface area contributed by atoms with Gasteiger partial charge in [-0.2, -0.15) is 0 Å². The van der Waals surface area contributed by atoms with E-state index in [1.165, 1.54) is 0 Å². The molecule has 0 saturated carbocycles. The number of ether oxygens (including phenoxy) is 4. The van der Waals surface area contributed by atoms with Crippen LogP contribution in [0.1, 0.15) is 27.7 Å². The Morgan fingerprint density at radius 3 is 2.09 bits per heavy atom. The molecular formula is C15H21BO6. The minimum atomic E-state index is -0.566. The highest BCUT2D eigenvalue weighted by atomic mass is 16.7. The molecule has 2 aliphatic rings. The second kappa shape index (κ2) is 4.96. The van der Waals surface area contributed by atoms with Gasteiger partial charge in [-0.25, -0.2) is 0 Å². The summed E-state index contributed by atoms with van der Waals surface area (Å²) in [7, 11) is 2.60. The van der Waals surface area contributed by atoms with Crippen LogP contribution in [0.4, 0.5) is 0 Å². The van der Waals surface area contributed by atoms with Gasteiger partial charge < -0.3 is 28.3 Å². The highest BCUT2D eigenvalue weighted by Crippen LogP contribution is 2.47. The molecule has 3 rings (SSSR count). The van der Waals surface area contributed by atoms with Crippen molar-refractivity contribution in [1.29, 1.82) is 0 Å². The van der Waals surface area contributed by atoms with E-state index in [0.29, 0.717) is 23.0 Å². The van der Waals surface area contributed by atoms with Crippen LogP contribution in [0.3, 0.4) is 0 Å². The lowest BCUT2D eigenvalue weighted by Crippen LogP contribution is -2.41. The molecule has 0 bridgehead atoms. The number of fused-ring (bicyclic) bond motifs is 1. The fraction of sp³-hybridized carbons (Fsp3) is 0.600. The summed E-state index contributed by atoms with van der Waals surface area (Å²) in [5, 5.41) is 0. The van der Waals surface area contributed by atoms with Crippen LogP contribution in [0.15, 0.2) is 6.07 Å². The molecule has 0 aliphatic carbocycles. The quantitative estimate of drug-likeness (QED) is 0.793. The molecule has 6 nitrogen and oxygen atoms in total. The number of hydrogen-bond acceptors (Lipinski definition) is 6. The zero-order valence-electron chi connectivity index (χ0n) is 13.8. The van der Waals surface area contributed by atoms with Crippen molar-refractivity contribution < 1.29 is 28.3 Å². The van der Waals surface area contributed by atoms with Gasteiger partial charge in [-0.3, -0.25) is 0 Å². The smallest absolute Gasteiger partial charge is 0.493 e. The Hall–Kier alpha value is -1.60. The summed E-state index contributed by atoms with van der Waals surface area (Å²) < 4.78 is 34.1. The van der Waals surface area contributed by atoms with Crippen LogP contribution < -0.4 is 24.4 Å².